The zero-order valence-corrected chi connectivity index (χ0v) is 15.2. The van der Waals surface area contributed by atoms with Crippen LogP contribution in [0.2, 0.25) is 0 Å². The van der Waals surface area contributed by atoms with E-state index in [0.717, 1.165) is 12.1 Å². The van der Waals surface area contributed by atoms with Gasteiger partial charge in [0, 0.05) is 11.1 Å². The summed E-state index contributed by atoms with van der Waals surface area (Å²) in [4.78, 5) is 0. The van der Waals surface area contributed by atoms with Gasteiger partial charge in [0.25, 0.3) is 0 Å². The Bertz CT molecular complexity index is 962. The van der Waals surface area contributed by atoms with Gasteiger partial charge < -0.3 is 9.47 Å². The molecule has 0 saturated carbocycles. The number of hydrogen-bond acceptors (Lipinski definition) is 2. The van der Waals surface area contributed by atoms with Crippen LogP contribution in [-0.4, -0.2) is 12.7 Å². The third kappa shape index (κ3) is 5.79. The van der Waals surface area contributed by atoms with Gasteiger partial charge in [-0.3, -0.25) is 0 Å². The predicted molar refractivity (Wildman–Crippen MR) is 99.7 cm³/mol. The highest BCUT2D eigenvalue weighted by molar-refractivity contribution is 5.95. The predicted octanol–water partition coefficient (Wildman–Crippen LogP) is 7.07. The summed E-state index contributed by atoms with van der Waals surface area (Å²) in [6.07, 6.45) is -8.48. The van der Waals surface area contributed by atoms with Crippen molar-refractivity contribution in [3.05, 3.63) is 95.6 Å². The van der Waals surface area contributed by atoms with Crippen molar-refractivity contribution in [1.82, 2.24) is 0 Å². The monoisotopic (exact) mass is 424 g/mol. The molecule has 3 aromatic rings. The Morgan fingerprint density at radius 3 is 1.40 bits per heavy atom. The average molecular weight is 424 g/mol. The second-order valence-electron chi connectivity index (χ2n) is 6.06. The zero-order chi connectivity index (χ0) is 21.8. The SMILES string of the molecule is FC(F)(F)Oc1ccccc1C(=Cc1ccccc1)c1ccccc1OC(F)(F)F. The van der Waals surface area contributed by atoms with Gasteiger partial charge in [0.2, 0.25) is 0 Å². The van der Waals surface area contributed by atoms with E-state index in [0.29, 0.717) is 5.56 Å². The summed E-state index contributed by atoms with van der Waals surface area (Å²) >= 11 is 0. The number of benzene rings is 3. The molecule has 0 aromatic heterocycles. The summed E-state index contributed by atoms with van der Waals surface area (Å²) in [7, 11) is 0. The van der Waals surface area contributed by atoms with E-state index in [-0.39, 0.29) is 16.7 Å². The fraction of sp³-hybridized carbons (Fsp3) is 0.0909. The van der Waals surface area contributed by atoms with Gasteiger partial charge in [-0.15, -0.1) is 26.3 Å². The van der Waals surface area contributed by atoms with E-state index in [1.54, 1.807) is 30.3 Å². The van der Waals surface area contributed by atoms with Crippen LogP contribution in [0.25, 0.3) is 11.6 Å². The van der Waals surface area contributed by atoms with Crippen LogP contribution < -0.4 is 9.47 Å². The standard InChI is InChI=1S/C22H14F6O2/c23-21(24,25)29-19-12-6-4-10-16(19)18(14-15-8-2-1-3-9-15)17-11-5-7-13-20(17)30-22(26,27)28/h1-14H. The zero-order valence-electron chi connectivity index (χ0n) is 15.2. The normalized spacial score (nSPS) is 11.7. The number of alkyl halides is 6. The van der Waals surface area contributed by atoms with Crippen LogP contribution in [0.15, 0.2) is 78.9 Å². The maximum absolute atomic E-state index is 12.9. The van der Waals surface area contributed by atoms with Crippen molar-refractivity contribution in [3.8, 4) is 11.5 Å². The maximum Gasteiger partial charge on any atom is 0.573 e. The molecule has 2 nitrogen and oxygen atoms in total. The Morgan fingerprint density at radius 1 is 0.567 bits per heavy atom. The Kier molecular flexibility index (Phi) is 6.05. The van der Waals surface area contributed by atoms with E-state index < -0.39 is 24.2 Å². The molecule has 30 heavy (non-hydrogen) atoms. The van der Waals surface area contributed by atoms with Crippen molar-refractivity contribution in [2.75, 3.05) is 0 Å². The van der Waals surface area contributed by atoms with E-state index in [1.165, 1.54) is 42.5 Å². The van der Waals surface area contributed by atoms with Crippen LogP contribution in [-0.2, 0) is 0 Å². The van der Waals surface area contributed by atoms with Crippen molar-refractivity contribution >= 4 is 11.6 Å². The molecule has 0 aliphatic heterocycles. The quantitative estimate of drug-likeness (QED) is 0.322. The lowest BCUT2D eigenvalue weighted by Crippen LogP contribution is -2.19. The van der Waals surface area contributed by atoms with Gasteiger partial charge in [-0.05, 0) is 29.3 Å². The molecule has 3 rings (SSSR count). The van der Waals surface area contributed by atoms with Crippen LogP contribution >= 0.6 is 0 Å². The maximum atomic E-state index is 12.9. The molecule has 8 heteroatoms. The second kappa shape index (κ2) is 8.52. The molecule has 0 aliphatic carbocycles. The highest BCUT2D eigenvalue weighted by Crippen LogP contribution is 2.40. The summed E-state index contributed by atoms with van der Waals surface area (Å²) in [5, 5.41) is 0. The number of halogens is 6. The Labute approximate surface area is 168 Å². The molecule has 0 spiro atoms. The van der Waals surface area contributed by atoms with Crippen molar-refractivity contribution in [2.45, 2.75) is 12.7 Å². The van der Waals surface area contributed by atoms with Gasteiger partial charge in [0.05, 0.1) is 0 Å². The molecule has 0 fully saturated rings. The van der Waals surface area contributed by atoms with Crippen molar-refractivity contribution < 1.29 is 35.8 Å². The summed E-state index contributed by atoms with van der Waals surface area (Å²) < 4.78 is 85.6. The van der Waals surface area contributed by atoms with Gasteiger partial charge in [-0.1, -0.05) is 66.7 Å². The molecule has 0 unspecified atom stereocenters. The summed E-state index contributed by atoms with van der Waals surface area (Å²) in [5.74, 6) is -1.09. The molecule has 156 valence electrons. The fourth-order valence-electron chi connectivity index (χ4n) is 2.82. The van der Waals surface area contributed by atoms with Crippen LogP contribution in [0.5, 0.6) is 11.5 Å². The van der Waals surface area contributed by atoms with Gasteiger partial charge in [0.15, 0.2) is 0 Å². The molecule has 0 N–H and O–H groups in total. The number of rotatable bonds is 5. The van der Waals surface area contributed by atoms with E-state index in [9.17, 15) is 26.3 Å². The van der Waals surface area contributed by atoms with Crippen LogP contribution in [0.1, 0.15) is 16.7 Å². The summed E-state index contributed by atoms with van der Waals surface area (Å²) in [6, 6.07) is 18.9. The van der Waals surface area contributed by atoms with Crippen molar-refractivity contribution in [1.29, 1.82) is 0 Å². The largest absolute Gasteiger partial charge is 0.573 e. The lowest BCUT2D eigenvalue weighted by Gasteiger charge is -2.19. The smallest absolute Gasteiger partial charge is 0.405 e. The van der Waals surface area contributed by atoms with Gasteiger partial charge >= 0.3 is 12.7 Å². The molecule has 0 heterocycles. The third-order valence-corrected chi connectivity index (χ3v) is 3.92. The number of para-hydroxylation sites is 2. The lowest BCUT2D eigenvalue weighted by molar-refractivity contribution is -0.275. The third-order valence-electron chi connectivity index (χ3n) is 3.92. The molecular weight excluding hydrogens is 410 g/mol. The lowest BCUT2D eigenvalue weighted by atomic mass is 9.94. The Balaban J connectivity index is 2.22. The Morgan fingerprint density at radius 2 is 0.967 bits per heavy atom. The minimum Gasteiger partial charge on any atom is -0.405 e. The van der Waals surface area contributed by atoms with E-state index in [1.807, 2.05) is 0 Å². The van der Waals surface area contributed by atoms with Crippen molar-refractivity contribution in [3.63, 3.8) is 0 Å². The van der Waals surface area contributed by atoms with Gasteiger partial charge in [-0.2, -0.15) is 0 Å². The minimum absolute atomic E-state index is 0.0445. The molecule has 0 bridgehead atoms. The van der Waals surface area contributed by atoms with E-state index in [4.69, 9.17) is 0 Å². The summed E-state index contributed by atoms with van der Waals surface area (Å²) in [6.45, 7) is 0. The van der Waals surface area contributed by atoms with Gasteiger partial charge in [-0.25, -0.2) is 0 Å². The van der Waals surface area contributed by atoms with Gasteiger partial charge in [0.1, 0.15) is 11.5 Å². The second-order valence-corrected chi connectivity index (χ2v) is 6.06. The first-order valence-corrected chi connectivity index (χ1v) is 8.59. The highest BCUT2D eigenvalue weighted by Gasteiger charge is 2.34. The first-order valence-electron chi connectivity index (χ1n) is 8.59. The average Bonchev–Trinajstić information content (AvgIpc) is 2.66. The molecule has 0 radical (unpaired) electrons. The highest BCUT2D eigenvalue weighted by atomic mass is 19.4. The molecule has 0 saturated heterocycles. The van der Waals surface area contributed by atoms with E-state index >= 15 is 0 Å². The van der Waals surface area contributed by atoms with Crippen LogP contribution in [0.3, 0.4) is 0 Å². The molecule has 0 atom stereocenters. The van der Waals surface area contributed by atoms with E-state index in [2.05, 4.69) is 9.47 Å². The fourth-order valence-corrected chi connectivity index (χ4v) is 2.82. The van der Waals surface area contributed by atoms with Crippen LogP contribution in [0, 0.1) is 0 Å². The summed E-state index contributed by atoms with van der Waals surface area (Å²) in [5.41, 5.74) is 0.547. The first kappa shape index (κ1) is 21.3. The van der Waals surface area contributed by atoms with Crippen LogP contribution in [0.4, 0.5) is 26.3 Å². The molecular formula is C22H14F6O2. The minimum atomic E-state index is -4.98. The molecule has 0 aliphatic rings. The topological polar surface area (TPSA) is 18.5 Å². The van der Waals surface area contributed by atoms with Crippen molar-refractivity contribution in [2.24, 2.45) is 0 Å². The Hall–Kier alpha value is -3.42. The molecule has 0 amide bonds. The molecule has 3 aromatic carbocycles. The number of hydrogen-bond donors (Lipinski definition) is 0. The number of ether oxygens (including phenoxy) is 2. The first-order chi connectivity index (χ1) is 14.1.